The summed E-state index contributed by atoms with van der Waals surface area (Å²) in [4.78, 5) is 10.8. The number of ether oxygens (including phenoxy) is 1. The number of carbonyl (C=O) groups excluding carboxylic acids is 1. The highest BCUT2D eigenvalue weighted by molar-refractivity contribution is 7.62. The van der Waals surface area contributed by atoms with Gasteiger partial charge in [0.1, 0.15) is 6.61 Å². The van der Waals surface area contributed by atoms with Crippen LogP contribution in [0.3, 0.4) is 0 Å². The van der Waals surface area contributed by atoms with Crippen LogP contribution in [0.2, 0.25) is 0 Å². The van der Waals surface area contributed by atoms with E-state index in [1.807, 2.05) is 0 Å². The number of hydrogen-bond donors (Lipinski definition) is 0. The molecule has 1 aromatic carbocycles. The fraction of sp³-hybridized carbons (Fsp3) is 0.364. The Bertz CT molecular complexity index is 435. The highest BCUT2D eigenvalue weighted by Crippen LogP contribution is 2.45. The average Bonchev–Trinajstić information content (AvgIpc) is 2.35. The standard InChI is InChI=1S/C11H15O5P/c1-9(12)16-8-10-6-4-5-7-11(10)17(13,14-2)15-3/h4-7H,8H2,1-3H3. The van der Waals surface area contributed by atoms with Gasteiger partial charge in [0.15, 0.2) is 0 Å². The molecule has 1 rings (SSSR count). The molecule has 0 fully saturated rings. The number of hydrogen-bond acceptors (Lipinski definition) is 5. The van der Waals surface area contributed by atoms with Crippen LogP contribution in [0.4, 0.5) is 0 Å². The summed E-state index contributed by atoms with van der Waals surface area (Å²) in [5.41, 5.74) is 0.606. The van der Waals surface area contributed by atoms with Crippen molar-refractivity contribution in [2.75, 3.05) is 14.2 Å². The minimum Gasteiger partial charge on any atom is -0.461 e. The van der Waals surface area contributed by atoms with E-state index in [0.717, 1.165) is 0 Å². The van der Waals surface area contributed by atoms with Gasteiger partial charge in [-0.15, -0.1) is 0 Å². The monoisotopic (exact) mass is 258 g/mol. The molecule has 0 radical (unpaired) electrons. The van der Waals surface area contributed by atoms with E-state index in [-0.39, 0.29) is 6.61 Å². The molecular weight excluding hydrogens is 243 g/mol. The minimum absolute atomic E-state index is 0.0439. The second-order valence-corrected chi connectivity index (χ2v) is 5.48. The predicted molar refractivity (Wildman–Crippen MR) is 63.2 cm³/mol. The largest absolute Gasteiger partial charge is 0.461 e. The lowest BCUT2D eigenvalue weighted by molar-refractivity contribution is -0.142. The van der Waals surface area contributed by atoms with Crippen molar-refractivity contribution in [3.8, 4) is 0 Å². The van der Waals surface area contributed by atoms with Crippen molar-refractivity contribution >= 4 is 18.9 Å². The van der Waals surface area contributed by atoms with Crippen LogP contribution in [-0.2, 0) is 29.8 Å². The number of carbonyl (C=O) groups is 1. The van der Waals surface area contributed by atoms with Crippen LogP contribution >= 0.6 is 7.60 Å². The first kappa shape index (κ1) is 13.9. The quantitative estimate of drug-likeness (QED) is 0.596. The molecule has 0 heterocycles. The molecule has 6 heteroatoms. The lowest BCUT2D eigenvalue weighted by atomic mass is 10.2. The van der Waals surface area contributed by atoms with Crippen molar-refractivity contribution < 1.29 is 23.1 Å². The van der Waals surface area contributed by atoms with E-state index < -0.39 is 13.6 Å². The second kappa shape index (κ2) is 5.96. The van der Waals surface area contributed by atoms with E-state index in [1.54, 1.807) is 24.3 Å². The molecule has 5 nitrogen and oxygen atoms in total. The molecule has 0 N–H and O–H groups in total. The predicted octanol–water partition coefficient (Wildman–Crippen LogP) is 1.86. The Balaban J connectivity index is 3.07. The van der Waals surface area contributed by atoms with Crippen LogP contribution in [0.25, 0.3) is 0 Å². The fourth-order valence-electron chi connectivity index (χ4n) is 1.35. The molecule has 0 saturated carbocycles. The lowest BCUT2D eigenvalue weighted by Gasteiger charge is -2.17. The van der Waals surface area contributed by atoms with Gasteiger partial charge in [0.2, 0.25) is 0 Å². The average molecular weight is 258 g/mol. The normalized spacial score (nSPS) is 11.2. The summed E-state index contributed by atoms with van der Waals surface area (Å²) < 4.78 is 26.9. The van der Waals surface area contributed by atoms with Gasteiger partial charge in [0.05, 0.1) is 5.30 Å². The zero-order chi connectivity index (χ0) is 12.9. The molecule has 0 saturated heterocycles. The van der Waals surface area contributed by atoms with E-state index >= 15 is 0 Å². The summed E-state index contributed by atoms with van der Waals surface area (Å²) >= 11 is 0. The first-order chi connectivity index (χ1) is 8.03. The highest BCUT2D eigenvalue weighted by Gasteiger charge is 2.27. The molecule has 0 aliphatic rings. The van der Waals surface area contributed by atoms with Gasteiger partial charge < -0.3 is 13.8 Å². The maximum Gasteiger partial charge on any atom is 0.361 e. The third-order valence-electron chi connectivity index (χ3n) is 2.20. The number of esters is 1. The molecule has 0 aliphatic heterocycles. The van der Waals surface area contributed by atoms with Gasteiger partial charge in [-0.3, -0.25) is 9.36 Å². The van der Waals surface area contributed by atoms with Gasteiger partial charge in [0, 0.05) is 26.7 Å². The summed E-state index contributed by atoms with van der Waals surface area (Å²) in [5.74, 6) is -0.399. The SMILES string of the molecule is COP(=O)(OC)c1ccccc1COC(C)=O. The third kappa shape index (κ3) is 3.40. The van der Waals surface area contributed by atoms with E-state index in [2.05, 4.69) is 0 Å². The smallest absolute Gasteiger partial charge is 0.361 e. The van der Waals surface area contributed by atoms with Crippen LogP contribution in [0.5, 0.6) is 0 Å². The Kier molecular flexibility index (Phi) is 4.87. The summed E-state index contributed by atoms with van der Waals surface area (Å²) in [7, 11) is -0.698. The maximum absolute atomic E-state index is 12.2. The van der Waals surface area contributed by atoms with E-state index in [4.69, 9.17) is 13.8 Å². The molecular formula is C11H15O5P. The van der Waals surface area contributed by atoms with Crippen molar-refractivity contribution in [1.82, 2.24) is 0 Å². The van der Waals surface area contributed by atoms with Crippen molar-refractivity contribution in [3.63, 3.8) is 0 Å². The summed E-state index contributed by atoms with van der Waals surface area (Å²) in [6.07, 6.45) is 0. The van der Waals surface area contributed by atoms with Gasteiger partial charge in [-0.05, 0) is 6.07 Å². The molecule has 0 unspecified atom stereocenters. The lowest BCUT2D eigenvalue weighted by Crippen LogP contribution is -2.15. The van der Waals surface area contributed by atoms with Gasteiger partial charge in [-0.1, -0.05) is 18.2 Å². The van der Waals surface area contributed by atoms with Crippen molar-refractivity contribution in [2.24, 2.45) is 0 Å². The Morgan fingerprint density at radius 2 is 1.82 bits per heavy atom. The first-order valence-corrected chi connectivity index (χ1v) is 6.51. The molecule has 0 atom stereocenters. The van der Waals surface area contributed by atoms with E-state index in [9.17, 15) is 9.36 Å². The van der Waals surface area contributed by atoms with Gasteiger partial charge >= 0.3 is 13.6 Å². The first-order valence-electron chi connectivity index (χ1n) is 4.97. The van der Waals surface area contributed by atoms with Crippen LogP contribution in [0, 0.1) is 0 Å². The summed E-state index contributed by atoms with van der Waals surface area (Å²) in [6, 6.07) is 6.82. The Labute approximate surface area is 100 Å². The molecule has 1 aromatic rings. The zero-order valence-electron chi connectivity index (χ0n) is 10.0. The molecule has 17 heavy (non-hydrogen) atoms. The maximum atomic E-state index is 12.2. The topological polar surface area (TPSA) is 61.8 Å². The van der Waals surface area contributed by atoms with Gasteiger partial charge in [-0.2, -0.15) is 0 Å². The van der Waals surface area contributed by atoms with Crippen LogP contribution in [0.15, 0.2) is 24.3 Å². The number of rotatable bonds is 5. The van der Waals surface area contributed by atoms with Gasteiger partial charge in [-0.25, -0.2) is 0 Å². The van der Waals surface area contributed by atoms with Crippen molar-refractivity contribution in [1.29, 1.82) is 0 Å². The van der Waals surface area contributed by atoms with Crippen molar-refractivity contribution in [3.05, 3.63) is 29.8 Å². The Morgan fingerprint density at radius 3 is 2.35 bits per heavy atom. The molecule has 0 spiro atoms. The molecule has 0 aliphatic carbocycles. The molecule has 0 amide bonds. The highest BCUT2D eigenvalue weighted by atomic mass is 31.2. The zero-order valence-corrected chi connectivity index (χ0v) is 10.9. The molecule has 0 aromatic heterocycles. The van der Waals surface area contributed by atoms with E-state index in [1.165, 1.54) is 21.1 Å². The fourth-order valence-corrected chi connectivity index (χ4v) is 2.65. The van der Waals surface area contributed by atoms with Crippen molar-refractivity contribution in [2.45, 2.75) is 13.5 Å². The minimum atomic E-state index is -3.32. The third-order valence-corrected chi connectivity index (χ3v) is 4.19. The van der Waals surface area contributed by atoms with Gasteiger partial charge in [0.25, 0.3) is 0 Å². The Hall–Kier alpha value is -1.16. The summed E-state index contributed by atoms with van der Waals surface area (Å²) in [5, 5.41) is 0.409. The van der Waals surface area contributed by atoms with E-state index in [0.29, 0.717) is 10.9 Å². The van der Waals surface area contributed by atoms with Crippen LogP contribution in [0.1, 0.15) is 12.5 Å². The number of benzene rings is 1. The van der Waals surface area contributed by atoms with Crippen LogP contribution < -0.4 is 5.30 Å². The molecule has 94 valence electrons. The molecule has 0 bridgehead atoms. The Morgan fingerprint density at radius 1 is 1.24 bits per heavy atom. The van der Waals surface area contributed by atoms with Crippen LogP contribution in [-0.4, -0.2) is 20.2 Å². The second-order valence-electron chi connectivity index (χ2n) is 3.27. The summed E-state index contributed by atoms with van der Waals surface area (Å²) in [6.45, 7) is 1.36.